The summed E-state index contributed by atoms with van der Waals surface area (Å²) >= 11 is 1.53. The molecule has 1 amide bonds. The van der Waals surface area contributed by atoms with Crippen LogP contribution in [0, 0.1) is 0 Å². The number of ether oxygens (including phenoxy) is 1. The predicted octanol–water partition coefficient (Wildman–Crippen LogP) is 4.73. The molecule has 4 nitrogen and oxygen atoms in total. The lowest BCUT2D eigenvalue weighted by Gasteiger charge is -2.23. The summed E-state index contributed by atoms with van der Waals surface area (Å²) in [4.78, 5) is 18.8. The molecular formula is C18H16F2N2O2S. The number of benzene rings is 2. The van der Waals surface area contributed by atoms with E-state index >= 15 is 0 Å². The summed E-state index contributed by atoms with van der Waals surface area (Å²) < 4.78 is 30.1. The molecule has 1 atom stereocenters. The van der Waals surface area contributed by atoms with Crippen LogP contribution in [0.4, 0.5) is 8.78 Å². The number of rotatable bonds is 5. The Morgan fingerprint density at radius 2 is 1.96 bits per heavy atom. The fraction of sp³-hybridized carbons (Fsp3) is 0.222. The second kappa shape index (κ2) is 7.14. The average Bonchev–Trinajstić information content (AvgIpc) is 3.03. The van der Waals surface area contributed by atoms with Gasteiger partial charge in [-0.25, -0.2) is 4.98 Å². The van der Waals surface area contributed by atoms with E-state index in [-0.39, 0.29) is 23.3 Å². The lowest BCUT2D eigenvalue weighted by atomic mass is 10.1. The van der Waals surface area contributed by atoms with Gasteiger partial charge in [-0.1, -0.05) is 18.2 Å². The molecule has 3 rings (SSSR count). The highest BCUT2D eigenvalue weighted by Crippen LogP contribution is 2.29. The van der Waals surface area contributed by atoms with Crippen LogP contribution in [0.15, 0.2) is 48.5 Å². The van der Waals surface area contributed by atoms with Crippen LogP contribution in [0.5, 0.6) is 5.75 Å². The van der Waals surface area contributed by atoms with Crippen LogP contribution in [0.3, 0.4) is 0 Å². The van der Waals surface area contributed by atoms with Crippen LogP contribution < -0.4 is 4.74 Å². The minimum Gasteiger partial charge on any atom is -0.435 e. The first-order valence-corrected chi connectivity index (χ1v) is 8.45. The van der Waals surface area contributed by atoms with E-state index in [1.165, 1.54) is 29.5 Å². The molecule has 0 fully saturated rings. The van der Waals surface area contributed by atoms with E-state index in [2.05, 4.69) is 9.72 Å². The zero-order valence-corrected chi connectivity index (χ0v) is 14.5. The number of aromatic nitrogens is 1. The predicted molar refractivity (Wildman–Crippen MR) is 93.2 cm³/mol. The molecule has 0 aliphatic heterocycles. The number of alkyl halides is 2. The Balaban J connectivity index is 1.81. The summed E-state index contributed by atoms with van der Waals surface area (Å²) in [6, 6.07) is 13.3. The molecule has 130 valence electrons. The van der Waals surface area contributed by atoms with Crippen molar-refractivity contribution < 1.29 is 18.3 Å². The van der Waals surface area contributed by atoms with Crippen molar-refractivity contribution in [2.45, 2.75) is 19.6 Å². The third kappa shape index (κ3) is 3.76. The summed E-state index contributed by atoms with van der Waals surface area (Å²) in [5.74, 6) is -0.326. The molecular weight excluding hydrogens is 346 g/mol. The molecule has 7 heteroatoms. The quantitative estimate of drug-likeness (QED) is 0.659. The molecule has 0 spiro atoms. The molecule has 0 saturated heterocycles. The zero-order chi connectivity index (χ0) is 18.0. The summed E-state index contributed by atoms with van der Waals surface area (Å²) in [6.07, 6.45) is 0. The average molecular weight is 362 g/mol. The molecule has 0 aliphatic carbocycles. The van der Waals surface area contributed by atoms with Gasteiger partial charge in [0.15, 0.2) is 0 Å². The molecule has 25 heavy (non-hydrogen) atoms. The van der Waals surface area contributed by atoms with Crippen molar-refractivity contribution in [1.82, 2.24) is 9.88 Å². The number of nitrogens with zero attached hydrogens (tertiary/aromatic N) is 2. The maximum Gasteiger partial charge on any atom is 0.387 e. The number of fused-ring (bicyclic) bond motifs is 1. The number of carbonyl (C=O) groups is 1. The first-order valence-electron chi connectivity index (χ1n) is 7.63. The highest BCUT2D eigenvalue weighted by atomic mass is 32.1. The van der Waals surface area contributed by atoms with Gasteiger partial charge in [-0.15, -0.1) is 11.3 Å². The summed E-state index contributed by atoms with van der Waals surface area (Å²) in [5, 5.41) is 0.817. The Labute approximate surface area is 147 Å². The van der Waals surface area contributed by atoms with Gasteiger partial charge in [0.25, 0.3) is 5.91 Å². The lowest BCUT2D eigenvalue weighted by molar-refractivity contribution is -0.0499. The van der Waals surface area contributed by atoms with Crippen LogP contribution in [0.25, 0.3) is 10.2 Å². The lowest BCUT2D eigenvalue weighted by Crippen LogP contribution is -2.29. The minimum atomic E-state index is -2.93. The summed E-state index contributed by atoms with van der Waals surface area (Å²) in [7, 11) is 1.67. The first kappa shape index (κ1) is 17.3. The number of halogens is 2. The van der Waals surface area contributed by atoms with Crippen molar-refractivity contribution in [3.05, 3.63) is 59.1 Å². The fourth-order valence-electron chi connectivity index (χ4n) is 2.42. The van der Waals surface area contributed by atoms with Crippen LogP contribution >= 0.6 is 11.3 Å². The number of para-hydroxylation sites is 1. The van der Waals surface area contributed by atoms with Gasteiger partial charge in [-0.05, 0) is 37.3 Å². The SMILES string of the molecule is C[C@H](c1nc2ccccc2s1)N(C)C(=O)c1cccc(OC(F)F)c1. The number of amides is 1. The minimum absolute atomic E-state index is 0.0399. The van der Waals surface area contributed by atoms with E-state index in [1.807, 2.05) is 31.2 Å². The molecule has 0 saturated carbocycles. The van der Waals surface area contributed by atoms with E-state index in [0.717, 1.165) is 15.2 Å². The van der Waals surface area contributed by atoms with Crippen molar-refractivity contribution in [3.63, 3.8) is 0 Å². The Morgan fingerprint density at radius 1 is 1.20 bits per heavy atom. The van der Waals surface area contributed by atoms with Crippen molar-refractivity contribution in [1.29, 1.82) is 0 Å². The molecule has 1 aromatic heterocycles. The van der Waals surface area contributed by atoms with E-state index in [4.69, 9.17) is 0 Å². The normalized spacial score (nSPS) is 12.4. The fourth-order valence-corrected chi connectivity index (χ4v) is 3.48. The molecule has 0 radical (unpaired) electrons. The summed E-state index contributed by atoms with van der Waals surface area (Å²) in [5.41, 5.74) is 1.18. The highest BCUT2D eigenvalue weighted by Gasteiger charge is 2.22. The number of hydrogen-bond donors (Lipinski definition) is 0. The van der Waals surface area contributed by atoms with Crippen molar-refractivity contribution in [3.8, 4) is 5.75 Å². The number of carbonyl (C=O) groups excluding carboxylic acids is 1. The van der Waals surface area contributed by atoms with Gasteiger partial charge in [0, 0.05) is 12.6 Å². The van der Waals surface area contributed by atoms with E-state index in [9.17, 15) is 13.6 Å². The van der Waals surface area contributed by atoms with Crippen molar-refractivity contribution in [2.75, 3.05) is 7.05 Å². The van der Waals surface area contributed by atoms with Crippen LogP contribution in [0.1, 0.15) is 28.3 Å². The Hall–Kier alpha value is -2.54. The molecule has 1 heterocycles. The summed E-state index contributed by atoms with van der Waals surface area (Å²) in [6.45, 7) is -1.04. The van der Waals surface area contributed by atoms with E-state index in [1.54, 1.807) is 18.0 Å². The first-order chi connectivity index (χ1) is 12.0. The van der Waals surface area contributed by atoms with Crippen molar-refractivity contribution >= 4 is 27.5 Å². The molecule has 0 bridgehead atoms. The molecule has 0 aliphatic rings. The van der Waals surface area contributed by atoms with Crippen molar-refractivity contribution in [2.24, 2.45) is 0 Å². The Kier molecular flexibility index (Phi) is 4.94. The van der Waals surface area contributed by atoms with Crippen LogP contribution in [0.2, 0.25) is 0 Å². The number of thiazole rings is 1. The molecule has 0 N–H and O–H groups in total. The Morgan fingerprint density at radius 3 is 2.68 bits per heavy atom. The largest absolute Gasteiger partial charge is 0.435 e. The second-order valence-corrected chi connectivity index (χ2v) is 6.58. The van der Waals surface area contributed by atoms with Gasteiger partial charge in [0.05, 0.1) is 16.3 Å². The highest BCUT2D eigenvalue weighted by molar-refractivity contribution is 7.18. The third-order valence-corrected chi connectivity index (χ3v) is 5.08. The maximum absolute atomic E-state index is 12.7. The van der Waals surface area contributed by atoms with Crippen LogP contribution in [-0.2, 0) is 0 Å². The molecule has 2 aromatic carbocycles. The van der Waals surface area contributed by atoms with Gasteiger partial charge in [-0.3, -0.25) is 4.79 Å². The number of hydrogen-bond acceptors (Lipinski definition) is 4. The maximum atomic E-state index is 12.7. The van der Waals surface area contributed by atoms with Gasteiger partial charge in [-0.2, -0.15) is 8.78 Å². The van der Waals surface area contributed by atoms with E-state index in [0.29, 0.717) is 0 Å². The zero-order valence-electron chi connectivity index (χ0n) is 13.6. The Bertz CT molecular complexity index is 864. The molecule has 3 aromatic rings. The monoisotopic (exact) mass is 362 g/mol. The van der Waals surface area contributed by atoms with Gasteiger partial charge in [0.2, 0.25) is 0 Å². The van der Waals surface area contributed by atoms with Gasteiger partial charge >= 0.3 is 6.61 Å². The van der Waals surface area contributed by atoms with Crippen LogP contribution in [-0.4, -0.2) is 29.5 Å². The van der Waals surface area contributed by atoms with Gasteiger partial charge in [0.1, 0.15) is 10.8 Å². The molecule has 0 unspecified atom stereocenters. The third-order valence-electron chi connectivity index (χ3n) is 3.88. The smallest absolute Gasteiger partial charge is 0.387 e. The topological polar surface area (TPSA) is 42.4 Å². The van der Waals surface area contributed by atoms with E-state index < -0.39 is 6.61 Å². The van der Waals surface area contributed by atoms with Gasteiger partial charge < -0.3 is 9.64 Å². The standard InChI is InChI=1S/C18H16F2N2O2S/c1-11(16-21-14-8-3-4-9-15(14)25-16)22(2)17(23)12-6-5-7-13(10-12)24-18(19)20/h3-11,18H,1-2H3/t11-/m1/s1. The second-order valence-electron chi connectivity index (χ2n) is 5.52.